The van der Waals surface area contributed by atoms with Crippen LogP contribution in [-0.4, -0.2) is 30.1 Å². The average molecular weight is 265 g/mol. The van der Waals surface area contributed by atoms with Crippen molar-refractivity contribution in [1.29, 1.82) is 0 Å². The van der Waals surface area contributed by atoms with Crippen LogP contribution in [0.25, 0.3) is 0 Å². The molecule has 0 saturated carbocycles. The summed E-state index contributed by atoms with van der Waals surface area (Å²) in [5.41, 5.74) is 0.479. The van der Waals surface area contributed by atoms with Crippen LogP contribution in [-0.2, 0) is 14.3 Å². The molecule has 1 rings (SSSR count). The number of nitrogens with one attached hydrogen (secondary N) is 1. The molecule has 0 aromatic heterocycles. The molecule has 0 bridgehead atoms. The lowest BCUT2D eigenvalue weighted by Gasteiger charge is -2.21. The molecule has 0 aliphatic rings. The van der Waals surface area contributed by atoms with Crippen molar-refractivity contribution in [2.24, 2.45) is 5.92 Å². The number of benzene rings is 1. The van der Waals surface area contributed by atoms with E-state index in [1.165, 1.54) is 7.11 Å². The van der Waals surface area contributed by atoms with Crippen molar-refractivity contribution in [3.05, 3.63) is 35.9 Å². The number of ether oxygens (including phenoxy) is 1. The summed E-state index contributed by atoms with van der Waals surface area (Å²) in [6.45, 7) is 3.58. The normalized spacial score (nSPS) is 13.7. The fourth-order valence-corrected chi connectivity index (χ4v) is 1.64. The van der Waals surface area contributed by atoms with E-state index >= 15 is 0 Å². The Labute approximate surface area is 112 Å². The van der Waals surface area contributed by atoms with Crippen LogP contribution in [0.1, 0.15) is 25.5 Å². The minimum absolute atomic E-state index is 0.126. The molecule has 1 amide bonds. The van der Waals surface area contributed by atoms with E-state index in [2.05, 4.69) is 10.1 Å². The highest BCUT2D eigenvalue weighted by Crippen LogP contribution is 2.13. The lowest BCUT2D eigenvalue weighted by atomic mass is 10.0. The van der Waals surface area contributed by atoms with Gasteiger partial charge in [0.2, 0.25) is 0 Å². The largest absolute Gasteiger partial charge is 0.467 e. The number of hydrogen-bond acceptors (Lipinski definition) is 4. The quantitative estimate of drug-likeness (QED) is 0.780. The maximum absolute atomic E-state index is 11.9. The van der Waals surface area contributed by atoms with Crippen molar-refractivity contribution >= 4 is 11.9 Å². The molecule has 0 saturated heterocycles. The van der Waals surface area contributed by atoms with Crippen molar-refractivity contribution in [1.82, 2.24) is 5.32 Å². The summed E-state index contributed by atoms with van der Waals surface area (Å²) >= 11 is 0. The minimum Gasteiger partial charge on any atom is -0.467 e. The van der Waals surface area contributed by atoms with Gasteiger partial charge in [0.25, 0.3) is 5.91 Å². The molecule has 0 unspecified atom stereocenters. The third kappa shape index (κ3) is 4.06. The summed E-state index contributed by atoms with van der Waals surface area (Å²) in [7, 11) is 1.26. The number of carbonyl (C=O) groups excluding carboxylic acids is 2. The van der Waals surface area contributed by atoms with Crippen LogP contribution in [0, 0.1) is 5.92 Å². The van der Waals surface area contributed by atoms with E-state index in [-0.39, 0.29) is 5.92 Å². The second kappa shape index (κ2) is 6.89. The number of rotatable bonds is 5. The minimum atomic E-state index is -1.30. The van der Waals surface area contributed by atoms with Gasteiger partial charge in [-0.25, -0.2) is 4.79 Å². The van der Waals surface area contributed by atoms with Crippen LogP contribution in [0.3, 0.4) is 0 Å². The number of aliphatic hydroxyl groups is 1. The van der Waals surface area contributed by atoms with Crippen molar-refractivity contribution in [2.75, 3.05) is 7.11 Å². The molecule has 0 aliphatic heterocycles. The van der Waals surface area contributed by atoms with E-state index in [4.69, 9.17) is 0 Å². The first-order valence-electron chi connectivity index (χ1n) is 6.08. The topological polar surface area (TPSA) is 75.6 Å². The monoisotopic (exact) mass is 265 g/mol. The summed E-state index contributed by atoms with van der Waals surface area (Å²) < 4.78 is 4.62. The molecule has 1 aromatic rings. The Morgan fingerprint density at radius 1 is 1.21 bits per heavy atom. The molecule has 0 fully saturated rings. The lowest BCUT2D eigenvalue weighted by molar-refractivity contribution is -0.147. The van der Waals surface area contributed by atoms with Crippen molar-refractivity contribution in [3.8, 4) is 0 Å². The van der Waals surface area contributed by atoms with Crippen LogP contribution < -0.4 is 5.32 Å². The highest BCUT2D eigenvalue weighted by molar-refractivity contribution is 5.87. The van der Waals surface area contributed by atoms with Gasteiger partial charge in [-0.2, -0.15) is 0 Å². The second-order valence-corrected chi connectivity index (χ2v) is 4.57. The molecule has 0 radical (unpaired) electrons. The first-order chi connectivity index (χ1) is 8.97. The first-order valence-corrected chi connectivity index (χ1v) is 6.08. The van der Waals surface area contributed by atoms with Gasteiger partial charge in [-0.05, 0) is 11.5 Å². The number of esters is 1. The first kappa shape index (κ1) is 15.2. The Morgan fingerprint density at radius 2 is 1.79 bits per heavy atom. The molecule has 0 spiro atoms. The zero-order valence-electron chi connectivity index (χ0n) is 11.3. The third-order valence-electron chi connectivity index (χ3n) is 2.78. The maximum atomic E-state index is 11.9. The molecule has 2 N–H and O–H groups in total. The Hall–Kier alpha value is -1.88. The van der Waals surface area contributed by atoms with E-state index in [1.807, 2.05) is 0 Å². The second-order valence-electron chi connectivity index (χ2n) is 4.57. The van der Waals surface area contributed by atoms with Gasteiger partial charge in [-0.1, -0.05) is 44.2 Å². The van der Waals surface area contributed by atoms with Gasteiger partial charge < -0.3 is 15.2 Å². The molecule has 0 heterocycles. The van der Waals surface area contributed by atoms with E-state index in [0.29, 0.717) is 5.56 Å². The molecule has 5 heteroatoms. The van der Waals surface area contributed by atoms with E-state index in [9.17, 15) is 14.7 Å². The third-order valence-corrected chi connectivity index (χ3v) is 2.78. The van der Waals surface area contributed by atoms with Gasteiger partial charge in [0, 0.05) is 0 Å². The van der Waals surface area contributed by atoms with Crippen LogP contribution in [0.2, 0.25) is 0 Å². The molecule has 1 aromatic carbocycles. The number of hydrogen-bond donors (Lipinski definition) is 2. The summed E-state index contributed by atoms with van der Waals surface area (Å²) in [5, 5.41) is 12.4. The van der Waals surface area contributed by atoms with Crippen LogP contribution in [0.4, 0.5) is 0 Å². The summed E-state index contributed by atoms with van der Waals surface area (Å²) in [4.78, 5) is 23.4. The van der Waals surface area contributed by atoms with Gasteiger partial charge in [-0.15, -0.1) is 0 Å². The maximum Gasteiger partial charge on any atom is 0.328 e. The number of methoxy groups -OCH3 is 1. The van der Waals surface area contributed by atoms with Gasteiger partial charge in [-0.3, -0.25) is 4.79 Å². The molecule has 0 aliphatic carbocycles. The molecular weight excluding hydrogens is 246 g/mol. The Balaban J connectivity index is 2.75. The SMILES string of the molecule is COC(=O)[C@@H](NC(=O)[C@@H](O)c1ccccc1)C(C)C. The highest BCUT2D eigenvalue weighted by atomic mass is 16.5. The molecule has 19 heavy (non-hydrogen) atoms. The lowest BCUT2D eigenvalue weighted by Crippen LogP contribution is -2.46. The van der Waals surface area contributed by atoms with Crippen molar-refractivity contribution in [3.63, 3.8) is 0 Å². The molecule has 5 nitrogen and oxygen atoms in total. The van der Waals surface area contributed by atoms with Crippen molar-refractivity contribution < 1.29 is 19.4 Å². The van der Waals surface area contributed by atoms with Crippen LogP contribution >= 0.6 is 0 Å². The predicted octanol–water partition coefficient (Wildman–Crippen LogP) is 1.03. The predicted molar refractivity (Wildman–Crippen MR) is 70.2 cm³/mol. The zero-order valence-corrected chi connectivity index (χ0v) is 11.3. The number of carbonyl (C=O) groups is 2. The number of amides is 1. The fraction of sp³-hybridized carbons (Fsp3) is 0.429. The van der Waals surface area contributed by atoms with Gasteiger partial charge >= 0.3 is 5.97 Å². The van der Waals surface area contributed by atoms with Crippen LogP contribution in [0.15, 0.2) is 30.3 Å². The molecule has 2 atom stereocenters. The van der Waals surface area contributed by atoms with Crippen LogP contribution in [0.5, 0.6) is 0 Å². The number of aliphatic hydroxyl groups excluding tert-OH is 1. The molecule has 104 valence electrons. The van der Waals surface area contributed by atoms with Crippen molar-refractivity contribution in [2.45, 2.75) is 26.0 Å². The smallest absolute Gasteiger partial charge is 0.328 e. The average Bonchev–Trinajstić information content (AvgIpc) is 2.43. The van der Waals surface area contributed by atoms with Gasteiger partial charge in [0.05, 0.1) is 7.11 Å². The fourth-order valence-electron chi connectivity index (χ4n) is 1.64. The van der Waals surface area contributed by atoms with E-state index in [0.717, 1.165) is 0 Å². The Bertz CT molecular complexity index is 430. The summed E-state index contributed by atoms with van der Waals surface area (Å²) in [5.74, 6) is -1.27. The Kier molecular flexibility index (Phi) is 5.51. The molecular formula is C14H19NO4. The van der Waals surface area contributed by atoms with Gasteiger partial charge in [0.15, 0.2) is 6.10 Å². The Morgan fingerprint density at radius 3 is 2.26 bits per heavy atom. The van der Waals surface area contributed by atoms with Gasteiger partial charge in [0.1, 0.15) is 6.04 Å². The van der Waals surface area contributed by atoms with E-state index < -0.39 is 24.0 Å². The standard InChI is InChI=1S/C14H19NO4/c1-9(2)11(14(18)19-3)15-13(17)12(16)10-7-5-4-6-8-10/h4-9,11-12,16H,1-3H3,(H,15,17)/t11-,12-/m0/s1. The highest BCUT2D eigenvalue weighted by Gasteiger charge is 2.28. The van der Waals surface area contributed by atoms with E-state index in [1.54, 1.807) is 44.2 Å². The summed E-state index contributed by atoms with van der Waals surface area (Å²) in [6.07, 6.45) is -1.30. The summed E-state index contributed by atoms with van der Waals surface area (Å²) in [6, 6.07) is 7.77. The zero-order chi connectivity index (χ0) is 14.4.